The first-order valence-electron chi connectivity index (χ1n) is 6.74. The van der Waals surface area contributed by atoms with Crippen molar-refractivity contribution in [3.05, 3.63) is 35.4 Å². The number of rotatable bonds is 6. The van der Waals surface area contributed by atoms with Gasteiger partial charge in [0, 0.05) is 13.2 Å². The predicted octanol–water partition coefficient (Wildman–Crippen LogP) is 1.37. The fourth-order valence-corrected chi connectivity index (χ4v) is 3.96. The van der Waals surface area contributed by atoms with E-state index in [0.29, 0.717) is 12.0 Å². The lowest BCUT2D eigenvalue weighted by atomic mass is 10.1. The summed E-state index contributed by atoms with van der Waals surface area (Å²) in [6, 6.07) is 5.77. The Balaban J connectivity index is 1.96. The molecule has 2 unspecified atom stereocenters. The number of nitrogens with one attached hydrogen (secondary N) is 1. The van der Waals surface area contributed by atoms with Crippen LogP contribution in [0.25, 0.3) is 0 Å². The van der Waals surface area contributed by atoms with Gasteiger partial charge in [-0.15, -0.1) is 0 Å². The Morgan fingerprint density at radius 2 is 2.00 bits per heavy atom. The standard InChI is InChI=1S/C14H19NO5S/c1-20-13-7-6-12(8-13)15-21(18,19)9-10-2-4-11(5-3-10)14(16)17/h2-5,12-13,15H,6-9H2,1H3,(H,16,17). The summed E-state index contributed by atoms with van der Waals surface area (Å²) >= 11 is 0. The van der Waals surface area contributed by atoms with Crippen LogP contribution in [0.2, 0.25) is 0 Å². The van der Waals surface area contributed by atoms with Crippen LogP contribution in [0.5, 0.6) is 0 Å². The van der Waals surface area contributed by atoms with Gasteiger partial charge in [0.1, 0.15) is 0 Å². The molecule has 2 rings (SSSR count). The summed E-state index contributed by atoms with van der Waals surface area (Å²) in [5.74, 6) is -1.18. The van der Waals surface area contributed by atoms with Crippen LogP contribution in [0.15, 0.2) is 24.3 Å². The Morgan fingerprint density at radius 3 is 2.52 bits per heavy atom. The van der Waals surface area contributed by atoms with Crippen molar-refractivity contribution in [2.75, 3.05) is 7.11 Å². The maximum Gasteiger partial charge on any atom is 0.335 e. The van der Waals surface area contributed by atoms with Crippen LogP contribution in [0.4, 0.5) is 0 Å². The number of carboxylic acid groups (broad SMARTS) is 1. The SMILES string of the molecule is COC1CCC(NS(=O)(=O)Cc2ccc(C(=O)O)cc2)C1. The van der Waals surface area contributed by atoms with Gasteiger partial charge < -0.3 is 9.84 Å². The van der Waals surface area contributed by atoms with Gasteiger partial charge in [0.05, 0.1) is 17.4 Å². The first-order chi connectivity index (χ1) is 9.89. The number of methoxy groups -OCH3 is 1. The summed E-state index contributed by atoms with van der Waals surface area (Å²) in [4.78, 5) is 10.7. The zero-order valence-corrected chi connectivity index (χ0v) is 12.6. The summed E-state index contributed by atoms with van der Waals surface area (Å²) in [5, 5.41) is 8.80. The number of carboxylic acids is 1. The smallest absolute Gasteiger partial charge is 0.335 e. The molecule has 1 aromatic rings. The summed E-state index contributed by atoms with van der Waals surface area (Å²) in [5.41, 5.74) is 0.705. The van der Waals surface area contributed by atoms with Crippen molar-refractivity contribution >= 4 is 16.0 Å². The van der Waals surface area contributed by atoms with E-state index < -0.39 is 16.0 Å². The molecule has 116 valence electrons. The van der Waals surface area contributed by atoms with E-state index in [2.05, 4.69) is 4.72 Å². The van der Waals surface area contributed by atoms with E-state index in [4.69, 9.17) is 9.84 Å². The average molecular weight is 313 g/mol. The van der Waals surface area contributed by atoms with Crippen molar-refractivity contribution in [3.63, 3.8) is 0 Å². The van der Waals surface area contributed by atoms with Gasteiger partial charge in [0.15, 0.2) is 0 Å². The number of hydrogen-bond donors (Lipinski definition) is 2. The molecule has 6 nitrogen and oxygen atoms in total. The monoisotopic (exact) mass is 313 g/mol. The van der Waals surface area contributed by atoms with Gasteiger partial charge >= 0.3 is 5.97 Å². The molecule has 1 saturated carbocycles. The summed E-state index contributed by atoms with van der Waals surface area (Å²) in [7, 11) is -1.81. The third-order valence-electron chi connectivity index (χ3n) is 3.62. The minimum Gasteiger partial charge on any atom is -0.478 e. The highest BCUT2D eigenvalue weighted by atomic mass is 32.2. The van der Waals surface area contributed by atoms with Crippen LogP contribution in [0.3, 0.4) is 0 Å². The van der Waals surface area contributed by atoms with Crippen LogP contribution in [-0.4, -0.2) is 38.7 Å². The third-order valence-corrected chi connectivity index (χ3v) is 5.03. The van der Waals surface area contributed by atoms with Crippen LogP contribution in [-0.2, 0) is 20.5 Å². The van der Waals surface area contributed by atoms with E-state index in [0.717, 1.165) is 12.8 Å². The van der Waals surface area contributed by atoms with Crippen molar-refractivity contribution in [3.8, 4) is 0 Å². The Morgan fingerprint density at radius 1 is 1.33 bits per heavy atom. The van der Waals surface area contributed by atoms with Crippen molar-refractivity contribution in [2.45, 2.75) is 37.2 Å². The van der Waals surface area contributed by atoms with Gasteiger partial charge in [-0.2, -0.15) is 0 Å². The van der Waals surface area contributed by atoms with Gasteiger partial charge in [-0.05, 0) is 37.0 Å². The molecular formula is C14H19NO5S. The fraction of sp³-hybridized carbons (Fsp3) is 0.500. The zero-order chi connectivity index (χ0) is 15.5. The third kappa shape index (κ3) is 4.52. The van der Waals surface area contributed by atoms with Crippen LogP contribution in [0, 0.1) is 0 Å². The van der Waals surface area contributed by atoms with E-state index in [1.54, 1.807) is 7.11 Å². The second-order valence-corrected chi connectivity index (χ2v) is 7.00. The van der Waals surface area contributed by atoms with Gasteiger partial charge in [-0.1, -0.05) is 12.1 Å². The quantitative estimate of drug-likeness (QED) is 0.827. The molecule has 0 aromatic heterocycles. The molecule has 2 N–H and O–H groups in total. The van der Waals surface area contributed by atoms with E-state index in [1.165, 1.54) is 24.3 Å². The highest BCUT2D eigenvalue weighted by Gasteiger charge is 2.27. The van der Waals surface area contributed by atoms with Gasteiger partial charge in [-0.25, -0.2) is 17.9 Å². The van der Waals surface area contributed by atoms with Crippen LogP contribution < -0.4 is 4.72 Å². The molecule has 2 atom stereocenters. The number of carbonyl (C=O) groups is 1. The molecule has 1 aliphatic carbocycles. The molecule has 7 heteroatoms. The number of hydrogen-bond acceptors (Lipinski definition) is 4. The van der Waals surface area contributed by atoms with Gasteiger partial charge in [-0.3, -0.25) is 0 Å². The molecule has 0 spiro atoms. The molecule has 1 fully saturated rings. The predicted molar refractivity (Wildman–Crippen MR) is 77.6 cm³/mol. The summed E-state index contributed by atoms with van der Waals surface area (Å²) in [6.07, 6.45) is 2.44. The molecule has 21 heavy (non-hydrogen) atoms. The van der Waals surface area contributed by atoms with Gasteiger partial charge in [0.2, 0.25) is 10.0 Å². The minimum absolute atomic E-state index is 0.0850. The second-order valence-electron chi connectivity index (χ2n) is 5.25. The Labute approximate surface area is 124 Å². The lowest BCUT2D eigenvalue weighted by molar-refractivity contribution is 0.0697. The van der Waals surface area contributed by atoms with E-state index >= 15 is 0 Å². The average Bonchev–Trinajstić information content (AvgIpc) is 2.85. The van der Waals surface area contributed by atoms with Crippen molar-refractivity contribution < 1.29 is 23.1 Å². The topological polar surface area (TPSA) is 92.7 Å². The van der Waals surface area contributed by atoms with E-state index in [9.17, 15) is 13.2 Å². The molecule has 0 aliphatic heterocycles. The van der Waals surface area contributed by atoms with E-state index in [-0.39, 0.29) is 23.5 Å². The normalized spacial score (nSPS) is 22.3. The molecular weight excluding hydrogens is 294 g/mol. The molecule has 1 aromatic carbocycles. The number of sulfonamides is 1. The Bertz CT molecular complexity index is 596. The maximum absolute atomic E-state index is 12.1. The highest BCUT2D eigenvalue weighted by molar-refractivity contribution is 7.88. The summed E-state index contributed by atoms with van der Waals surface area (Å²) < 4.78 is 32.1. The molecule has 0 saturated heterocycles. The van der Waals surface area contributed by atoms with Crippen LogP contribution >= 0.6 is 0 Å². The van der Waals surface area contributed by atoms with Crippen molar-refractivity contribution in [2.24, 2.45) is 0 Å². The maximum atomic E-state index is 12.1. The second kappa shape index (κ2) is 6.55. The largest absolute Gasteiger partial charge is 0.478 e. The number of benzene rings is 1. The molecule has 0 amide bonds. The highest BCUT2D eigenvalue weighted by Crippen LogP contribution is 2.22. The Kier molecular flexibility index (Phi) is 4.97. The lowest BCUT2D eigenvalue weighted by Crippen LogP contribution is -2.34. The number of ether oxygens (including phenoxy) is 1. The Hall–Kier alpha value is -1.44. The minimum atomic E-state index is -3.44. The molecule has 1 aliphatic rings. The summed E-state index contributed by atoms with van der Waals surface area (Å²) in [6.45, 7) is 0. The fourth-order valence-electron chi connectivity index (χ4n) is 2.52. The zero-order valence-electron chi connectivity index (χ0n) is 11.8. The number of aromatic carboxylic acids is 1. The van der Waals surface area contributed by atoms with Crippen molar-refractivity contribution in [1.29, 1.82) is 0 Å². The lowest BCUT2D eigenvalue weighted by Gasteiger charge is -2.13. The van der Waals surface area contributed by atoms with Gasteiger partial charge in [0.25, 0.3) is 0 Å². The molecule has 0 bridgehead atoms. The van der Waals surface area contributed by atoms with E-state index in [1.807, 2.05) is 0 Å². The molecule has 0 heterocycles. The van der Waals surface area contributed by atoms with Crippen molar-refractivity contribution in [1.82, 2.24) is 4.72 Å². The van der Waals surface area contributed by atoms with Crippen LogP contribution in [0.1, 0.15) is 35.2 Å². The molecule has 0 radical (unpaired) electrons. The first-order valence-corrected chi connectivity index (χ1v) is 8.40. The first kappa shape index (κ1) is 15.9.